The first-order valence-electron chi connectivity index (χ1n) is 7.40. The van der Waals surface area contributed by atoms with E-state index >= 15 is 0 Å². The Bertz CT molecular complexity index is 873. The van der Waals surface area contributed by atoms with Crippen molar-refractivity contribution in [1.29, 1.82) is 0 Å². The number of terminal acetylenes is 1. The van der Waals surface area contributed by atoms with Gasteiger partial charge < -0.3 is 19.0 Å². The van der Waals surface area contributed by atoms with Crippen LogP contribution in [0, 0.1) is 19.3 Å². The summed E-state index contributed by atoms with van der Waals surface area (Å²) < 4.78 is 16.1. The summed E-state index contributed by atoms with van der Waals surface area (Å²) in [4.78, 5) is 11.5. The number of carbonyl (C=O) groups is 1. The first-order chi connectivity index (χ1) is 12.4. The maximum absolute atomic E-state index is 11.5. The van der Waals surface area contributed by atoms with Gasteiger partial charge in [-0.25, -0.2) is 4.79 Å². The molecule has 0 aliphatic carbocycles. The van der Waals surface area contributed by atoms with Gasteiger partial charge in [-0.2, -0.15) is 0 Å². The van der Waals surface area contributed by atoms with Crippen molar-refractivity contribution in [2.45, 2.75) is 19.1 Å². The molecule has 2 rings (SSSR count). The molecule has 0 aliphatic rings. The van der Waals surface area contributed by atoms with Crippen molar-refractivity contribution in [3.05, 3.63) is 33.5 Å². The Morgan fingerprint density at radius 2 is 2.23 bits per heavy atom. The molecule has 2 aromatic rings. The molecule has 1 N–H and O–H groups in total. The first kappa shape index (κ1) is 19.7. The predicted molar refractivity (Wildman–Crippen MR) is 97.5 cm³/mol. The summed E-state index contributed by atoms with van der Waals surface area (Å²) in [6.45, 7) is 3.82. The van der Waals surface area contributed by atoms with Gasteiger partial charge in [0.15, 0.2) is 11.5 Å². The molecule has 1 heterocycles. The van der Waals surface area contributed by atoms with Crippen molar-refractivity contribution >= 4 is 35.4 Å². The summed E-state index contributed by atoms with van der Waals surface area (Å²) in [5, 5.41) is 17.2. The average molecular weight is 395 g/mol. The minimum Gasteiger partial charge on any atom is -0.490 e. The number of nitrogens with zero attached hydrogens (tertiary/aromatic N) is 2. The van der Waals surface area contributed by atoms with Crippen LogP contribution in [0.3, 0.4) is 0 Å². The third-order valence-electron chi connectivity index (χ3n) is 2.84. The minimum absolute atomic E-state index is 0.0236. The Morgan fingerprint density at radius 3 is 2.81 bits per heavy atom. The van der Waals surface area contributed by atoms with E-state index in [1.54, 1.807) is 26.0 Å². The van der Waals surface area contributed by atoms with Crippen molar-refractivity contribution in [2.24, 2.45) is 0 Å². The summed E-state index contributed by atoms with van der Waals surface area (Å²) in [7, 11) is 0. The predicted octanol–water partition coefficient (Wildman–Crippen LogP) is 3.66. The fourth-order valence-electron chi connectivity index (χ4n) is 1.89. The normalized spacial score (nSPS) is 11.1. The summed E-state index contributed by atoms with van der Waals surface area (Å²) in [5.74, 6) is 2.22. The van der Waals surface area contributed by atoms with Crippen LogP contribution >= 0.6 is 23.4 Å². The van der Waals surface area contributed by atoms with Crippen LogP contribution in [-0.4, -0.2) is 34.5 Å². The number of thioether (sulfide) groups is 1. The second-order valence-electron chi connectivity index (χ2n) is 4.76. The van der Waals surface area contributed by atoms with Crippen LogP contribution in [0.5, 0.6) is 11.5 Å². The highest BCUT2D eigenvalue weighted by molar-refractivity contribution is 8.03. The van der Waals surface area contributed by atoms with E-state index in [-0.39, 0.29) is 21.8 Å². The first-order valence-corrected chi connectivity index (χ1v) is 8.59. The second-order valence-corrected chi connectivity index (χ2v) is 6.16. The molecule has 0 fully saturated rings. The molecule has 136 valence electrons. The average Bonchev–Trinajstić information content (AvgIpc) is 2.99. The number of benzene rings is 1. The smallest absolute Gasteiger partial charge is 0.342 e. The van der Waals surface area contributed by atoms with Crippen LogP contribution in [0.2, 0.25) is 5.02 Å². The van der Waals surface area contributed by atoms with Gasteiger partial charge >= 0.3 is 5.97 Å². The molecular weight excluding hydrogens is 380 g/mol. The number of aromatic nitrogens is 2. The lowest BCUT2D eigenvalue weighted by Crippen LogP contribution is -2.01. The van der Waals surface area contributed by atoms with Gasteiger partial charge in [0.1, 0.15) is 11.5 Å². The van der Waals surface area contributed by atoms with Crippen molar-refractivity contribution < 1.29 is 23.8 Å². The number of carboxylic acid groups (broad SMARTS) is 1. The van der Waals surface area contributed by atoms with E-state index in [1.165, 1.54) is 6.08 Å². The fraction of sp³-hybridized carbons (Fsp3) is 0.235. The molecule has 0 unspecified atom stereocenters. The number of aryl methyl sites for hydroxylation is 1. The largest absolute Gasteiger partial charge is 0.490 e. The van der Waals surface area contributed by atoms with Gasteiger partial charge in [0, 0.05) is 6.92 Å². The standard InChI is InChI=1S/C17H15ClN2O5S/c1-4-6-24-15-12(18)7-11(8-13(15)23-5-2)9-14(16(21)22)26-17-20-19-10(3)25-17/h1,7-9H,5-6H2,2-3H3,(H,21,22)/b14-9-. The quantitative estimate of drug-likeness (QED) is 0.411. The lowest BCUT2D eigenvalue weighted by Gasteiger charge is -2.13. The zero-order valence-electron chi connectivity index (χ0n) is 14.0. The van der Waals surface area contributed by atoms with Crippen LogP contribution in [0.1, 0.15) is 18.4 Å². The lowest BCUT2D eigenvalue weighted by molar-refractivity contribution is -0.131. The molecule has 1 aromatic carbocycles. The summed E-state index contributed by atoms with van der Waals surface area (Å²) in [6, 6.07) is 3.17. The molecule has 0 amide bonds. The monoisotopic (exact) mass is 394 g/mol. The number of hydrogen-bond acceptors (Lipinski definition) is 7. The van der Waals surface area contributed by atoms with E-state index in [4.69, 9.17) is 31.9 Å². The van der Waals surface area contributed by atoms with Crippen LogP contribution in [0.15, 0.2) is 26.7 Å². The van der Waals surface area contributed by atoms with Gasteiger partial charge in [-0.3, -0.25) is 0 Å². The maximum Gasteiger partial charge on any atom is 0.342 e. The molecule has 1 aromatic heterocycles. The Labute approximate surface area is 159 Å². The van der Waals surface area contributed by atoms with Gasteiger partial charge in [-0.1, -0.05) is 17.5 Å². The van der Waals surface area contributed by atoms with Crippen molar-refractivity contribution in [2.75, 3.05) is 13.2 Å². The van der Waals surface area contributed by atoms with Gasteiger partial charge in [0.05, 0.1) is 11.6 Å². The highest BCUT2D eigenvalue weighted by Crippen LogP contribution is 2.38. The van der Waals surface area contributed by atoms with E-state index in [9.17, 15) is 9.90 Å². The number of ether oxygens (including phenoxy) is 2. The molecule has 0 bridgehead atoms. The zero-order chi connectivity index (χ0) is 19.1. The zero-order valence-corrected chi connectivity index (χ0v) is 15.6. The summed E-state index contributed by atoms with van der Waals surface area (Å²) in [6.07, 6.45) is 6.62. The molecule has 7 nitrogen and oxygen atoms in total. The summed E-state index contributed by atoms with van der Waals surface area (Å²) in [5.41, 5.74) is 0.507. The maximum atomic E-state index is 11.5. The third kappa shape index (κ3) is 5.18. The topological polar surface area (TPSA) is 94.7 Å². The molecule has 9 heteroatoms. The number of hydrogen-bond donors (Lipinski definition) is 1. The van der Waals surface area contributed by atoms with E-state index in [1.807, 2.05) is 0 Å². The molecular formula is C17H15ClN2O5S. The van der Waals surface area contributed by atoms with Crippen molar-refractivity contribution in [3.8, 4) is 23.8 Å². The molecule has 0 aliphatic heterocycles. The van der Waals surface area contributed by atoms with Crippen molar-refractivity contribution in [1.82, 2.24) is 10.2 Å². The SMILES string of the molecule is C#CCOc1c(Cl)cc(/C=C(\Sc2nnc(C)o2)C(=O)O)cc1OCC. The number of rotatable bonds is 8. The Morgan fingerprint density at radius 1 is 1.46 bits per heavy atom. The third-order valence-corrected chi connectivity index (χ3v) is 3.98. The van der Waals surface area contributed by atoms with Crippen LogP contribution in [0.25, 0.3) is 6.08 Å². The summed E-state index contributed by atoms with van der Waals surface area (Å²) >= 11 is 7.07. The highest BCUT2D eigenvalue weighted by atomic mass is 35.5. The van der Waals surface area contributed by atoms with Gasteiger partial charge in [0.25, 0.3) is 5.22 Å². The molecule has 26 heavy (non-hydrogen) atoms. The Hall–Kier alpha value is -2.63. The van der Waals surface area contributed by atoms with Gasteiger partial charge in [-0.15, -0.1) is 16.6 Å². The van der Waals surface area contributed by atoms with E-state index < -0.39 is 5.97 Å². The second kappa shape index (κ2) is 9.17. The molecule has 0 spiro atoms. The molecule has 0 atom stereocenters. The number of aliphatic carboxylic acids is 1. The number of halogens is 1. The van der Waals surface area contributed by atoms with Crippen LogP contribution in [-0.2, 0) is 4.79 Å². The highest BCUT2D eigenvalue weighted by Gasteiger charge is 2.17. The van der Waals surface area contributed by atoms with Gasteiger partial charge in [0.2, 0.25) is 5.89 Å². The van der Waals surface area contributed by atoms with Crippen molar-refractivity contribution in [3.63, 3.8) is 0 Å². The lowest BCUT2D eigenvalue weighted by atomic mass is 10.2. The molecule has 0 radical (unpaired) electrons. The van der Waals surface area contributed by atoms with E-state index in [2.05, 4.69) is 16.1 Å². The number of carboxylic acids is 1. The van der Waals surface area contributed by atoms with E-state index in [0.29, 0.717) is 29.6 Å². The minimum atomic E-state index is -1.15. The van der Waals surface area contributed by atoms with E-state index in [0.717, 1.165) is 11.8 Å². The van der Waals surface area contributed by atoms with Crippen LogP contribution in [0.4, 0.5) is 0 Å². The Balaban J connectivity index is 2.39. The molecule has 0 saturated carbocycles. The van der Waals surface area contributed by atoms with Crippen LogP contribution < -0.4 is 9.47 Å². The Kier molecular flexibility index (Phi) is 6.95. The molecule has 0 saturated heterocycles. The van der Waals surface area contributed by atoms with Gasteiger partial charge in [-0.05, 0) is 42.5 Å². The fourth-order valence-corrected chi connectivity index (χ4v) is 2.88.